The van der Waals surface area contributed by atoms with Crippen molar-refractivity contribution in [3.63, 3.8) is 0 Å². The third-order valence-electron chi connectivity index (χ3n) is 5.30. The minimum Gasteiger partial charge on any atom is -0.494 e. The number of hydrogen-bond acceptors (Lipinski definition) is 6. The van der Waals surface area contributed by atoms with E-state index in [1.807, 2.05) is 48.9 Å². The predicted molar refractivity (Wildman–Crippen MR) is 125 cm³/mol. The van der Waals surface area contributed by atoms with Crippen LogP contribution >= 0.6 is 0 Å². The summed E-state index contributed by atoms with van der Waals surface area (Å²) < 4.78 is 32.6. The lowest BCUT2D eigenvalue weighted by Crippen LogP contribution is -2.23. The maximum absolute atomic E-state index is 12.6. The van der Waals surface area contributed by atoms with Gasteiger partial charge in [-0.25, -0.2) is 9.51 Å². The number of hydrogen-bond donors (Lipinski definition) is 1. The monoisotopic (exact) mass is 453 g/mol. The molecule has 0 bridgehead atoms. The second-order valence-corrected chi connectivity index (χ2v) is 9.18. The highest BCUT2D eigenvalue weighted by Crippen LogP contribution is 2.29. The van der Waals surface area contributed by atoms with Crippen LogP contribution in [0, 0.1) is 6.92 Å². The van der Waals surface area contributed by atoms with Gasteiger partial charge in [0.05, 0.1) is 34.7 Å². The number of benzene rings is 2. The highest BCUT2D eigenvalue weighted by molar-refractivity contribution is 7.89. The fourth-order valence-corrected chi connectivity index (χ4v) is 4.55. The van der Waals surface area contributed by atoms with Crippen LogP contribution in [0.3, 0.4) is 0 Å². The van der Waals surface area contributed by atoms with E-state index in [4.69, 9.17) is 9.84 Å². The first-order chi connectivity index (χ1) is 15.5. The van der Waals surface area contributed by atoms with Crippen LogP contribution in [0.25, 0.3) is 5.69 Å². The third kappa shape index (κ3) is 4.62. The summed E-state index contributed by atoms with van der Waals surface area (Å²) in [5, 5.41) is 8.79. The van der Waals surface area contributed by atoms with E-state index in [1.54, 1.807) is 18.3 Å². The van der Waals surface area contributed by atoms with E-state index in [9.17, 15) is 8.42 Å². The molecule has 1 saturated heterocycles. The van der Waals surface area contributed by atoms with Gasteiger partial charge in [-0.15, -0.1) is 0 Å². The molecule has 32 heavy (non-hydrogen) atoms. The van der Waals surface area contributed by atoms with Crippen molar-refractivity contribution in [3.8, 4) is 11.4 Å². The number of hydrazone groups is 1. The predicted octanol–water partition coefficient (Wildman–Crippen LogP) is 3.49. The average molecular weight is 454 g/mol. The Morgan fingerprint density at radius 3 is 2.44 bits per heavy atom. The Morgan fingerprint density at radius 2 is 1.78 bits per heavy atom. The van der Waals surface area contributed by atoms with Crippen LogP contribution in [0.1, 0.15) is 31.0 Å². The lowest BCUT2D eigenvalue weighted by molar-refractivity contribution is 0.340. The van der Waals surface area contributed by atoms with E-state index in [-0.39, 0.29) is 4.90 Å². The first kappa shape index (κ1) is 21.9. The lowest BCUT2D eigenvalue weighted by atomic mass is 10.2. The number of sulfonamides is 1. The zero-order valence-electron chi connectivity index (χ0n) is 18.2. The molecular weight excluding hydrogens is 426 g/mol. The molecule has 1 aliphatic heterocycles. The summed E-state index contributed by atoms with van der Waals surface area (Å²) >= 11 is 0. The van der Waals surface area contributed by atoms with Crippen molar-refractivity contribution in [2.45, 2.75) is 31.6 Å². The smallest absolute Gasteiger partial charge is 0.276 e. The molecule has 0 spiro atoms. The molecule has 1 fully saturated rings. The van der Waals surface area contributed by atoms with Crippen molar-refractivity contribution in [1.29, 1.82) is 0 Å². The van der Waals surface area contributed by atoms with Gasteiger partial charge in [-0.2, -0.15) is 18.6 Å². The van der Waals surface area contributed by atoms with Crippen LogP contribution in [-0.4, -0.2) is 44.1 Å². The van der Waals surface area contributed by atoms with Gasteiger partial charge >= 0.3 is 0 Å². The van der Waals surface area contributed by atoms with Crippen LogP contribution in [0.4, 0.5) is 5.82 Å². The maximum atomic E-state index is 12.6. The lowest BCUT2D eigenvalue weighted by Gasteiger charge is -2.20. The first-order valence-electron chi connectivity index (χ1n) is 10.7. The molecule has 0 atom stereocenters. The van der Waals surface area contributed by atoms with E-state index in [0.717, 1.165) is 48.7 Å². The number of aromatic nitrogens is 2. The molecule has 2 heterocycles. The van der Waals surface area contributed by atoms with E-state index >= 15 is 0 Å². The SMILES string of the molecule is CCOc1ccc(S(=O)(=O)NN=Cc2c(C)nn(-c3ccccc3)c2N2CCCC2)cc1. The van der Waals surface area contributed by atoms with E-state index in [0.29, 0.717) is 12.4 Å². The molecular formula is C23H27N5O3S. The Balaban J connectivity index is 1.61. The van der Waals surface area contributed by atoms with Gasteiger partial charge in [0.25, 0.3) is 10.0 Å². The number of ether oxygens (including phenoxy) is 1. The zero-order chi connectivity index (χ0) is 22.6. The first-order valence-corrected chi connectivity index (χ1v) is 12.2. The molecule has 2 aromatic carbocycles. The molecule has 0 aliphatic carbocycles. The number of nitrogens with zero attached hydrogens (tertiary/aromatic N) is 4. The highest BCUT2D eigenvalue weighted by atomic mass is 32.2. The number of aryl methyl sites for hydroxylation is 1. The van der Waals surface area contributed by atoms with Gasteiger partial charge < -0.3 is 9.64 Å². The van der Waals surface area contributed by atoms with E-state index < -0.39 is 10.0 Å². The average Bonchev–Trinajstić information content (AvgIpc) is 3.43. The molecule has 1 N–H and O–H groups in total. The van der Waals surface area contributed by atoms with Gasteiger partial charge in [0.2, 0.25) is 0 Å². The Hall–Kier alpha value is -3.33. The molecule has 168 valence electrons. The minimum absolute atomic E-state index is 0.120. The second kappa shape index (κ2) is 9.44. The molecule has 8 nitrogen and oxygen atoms in total. The molecule has 9 heteroatoms. The zero-order valence-corrected chi connectivity index (χ0v) is 19.0. The van der Waals surface area contributed by atoms with Crippen molar-refractivity contribution in [2.24, 2.45) is 5.10 Å². The van der Waals surface area contributed by atoms with Crippen molar-refractivity contribution in [3.05, 3.63) is 65.9 Å². The molecule has 1 aliphatic rings. The van der Waals surface area contributed by atoms with Gasteiger partial charge in [0.1, 0.15) is 11.6 Å². The summed E-state index contributed by atoms with van der Waals surface area (Å²) in [5.41, 5.74) is 2.53. The quantitative estimate of drug-likeness (QED) is 0.417. The minimum atomic E-state index is -3.80. The van der Waals surface area contributed by atoms with Crippen molar-refractivity contribution in [1.82, 2.24) is 14.6 Å². The van der Waals surface area contributed by atoms with Gasteiger partial charge in [0.15, 0.2) is 0 Å². The highest BCUT2D eigenvalue weighted by Gasteiger charge is 2.23. The molecule has 1 aromatic heterocycles. The Bertz CT molecular complexity index is 1180. The van der Waals surface area contributed by atoms with Crippen LogP contribution in [0.15, 0.2) is 64.6 Å². The van der Waals surface area contributed by atoms with Crippen LogP contribution < -0.4 is 14.5 Å². The summed E-state index contributed by atoms with van der Waals surface area (Å²) in [7, 11) is -3.80. The Labute approximate surface area is 188 Å². The Morgan fingerprint density at radius 1 is 1.09 bits per heavy atom. The molecule has 0 radical (unpaired) electrons. The summed E-state index contributed by atoms with van der Waals surface area (Å²) in [6, 6.07) is 16.2. The van der Waals surface area contributed by atoms with Gasteiger partial charge in [-0.05, 0) is 63.1 Å². The topological polar surface area (TPSA) is 88.8 Å². The van der Waals surface area contributed by atoms with Crippen molar-refractivity contribution in [2.75, 3.05) is 24.6 Å². The van der Waals surface area contributed by atoms with E-state index in [1.165, 1.54) is 12.1 Å². The fourth-order valence-electron chi connectivity index (χ4n) is 3.76. The summed E-state index contributed by atoms with van der Waals surface area (Å²) in [6.07, 6.45) is 3.77. The van der Waals surface area contributed by atoms with Crippen molar-refractivity contribution < 1.29 is 13.2 Å². The number of anilines is 1. The number of rotatable bonds is 8. The van der Waals surface area contributed by atoms with Gasteiger partial charge in [-0.1, -0.05) is 18.2 Å². The normalized spacial score (nSPS) is 14.2. The second-order valence-electron chi connectivity index (χ2n) is 7.52. The third-order valence-corrected chi connectivity index (χ3v) is 6.54. The molecule has 4 rings (SSSR count). The largest absolute Gasteiger partial charge is 0.494 e. The summed E-state index contributed by atoms with van der Waals surface area (Å²) in [5.74, 6) is 1.55. The van der Waals surface area contributed by atoms with Crippen LogP contribution in [0.2, 0.25) is 0 Å². The molecule has 0 amide bonds. The van der Waals surface area contributed by atoms with Gasteiger partial charge in [0, 0.05) is 13.1 Å². The maximum Gasteiger partial charge on any atom is 0.276 e. The standard InChI is InChI=1S/C23H27N5O3S/c1-3-31-20-11-13-21(14-12-20)32(29,30)26-24-17-22-18(2)25-28(19-9-5-4-6-10-19)23(22)27-15-7-8-16-27/h4-6,9-14,17,26H,3,7-8,15-16H2,1-2H3. The molecule has 0 saturated carbocycles. The fraction of sp³-hybridized carbons (Fsp3) is 0.304. The summed E-state index contributed by atoms with van der Waals surface area (Å²) in [4.78, 5) is 4.71. The van der Waals surface area contributed by atoms with Crippen LogP contribution in [-0.2, 0) is 10.0 Å². The summed E-state index contributed by atoms with van der Waals surface area (Å²) in [6.45, 7) is 6.15. The van der Waals surface area contributed by atoms with E-state index in [2.05, 4.69) is 14.8 Å². The molecule has 0 unspecified atom stereocenters. The van der Waals surface area contributed by atoms with Crippen LogP contribution in [0.5, 0.6) is 5.75 Å². The number of para-hydroxylation sites is 1. The number of nitrogens with one attached hydrogen (secondary N) is 1. The van der Waals surface area contributed by atoms with Crippen molar-refractivity contribution >= 4 is 22.1 Å². The Kier molecular flexibility index (Phi) is 6.45. The van der Waals surface area contributed by atoms with Gasteiger partial charge in [-0.3, -0.25) is 0 Å². The molecule has 3 aromatic rings.